The number of carbonyl (C=O) groups excluding carboxylic acids is 1. The summed E-state index contributed by atoms with van der Waals surface area (Å²) in [6, 6.07) is 7.06. The van der Waals surface area contributed by atoms with E-state index in [1.54, 1.807) is 12.3 Å². The predicted octanol–water partition coefficient (Wildman–Crippen LogP) is 3.26. The highest BCUT2D eigenvalue weighted by atomic mass is 19.1. The van der Waals surface area contributed by atoms with E-state index in [1.165, 1.54) is 6.07 Å². The van der Waals surface area contributed by atoms with E-state index in [0.717, 1.165) is 48.4 Å². The van der Waals surface area contributed by atoms with Crippen LogP contribution in [0.25, 0.3) is 10.9 Å². The maximum absolute atomic E-state index is 14.0. The van der Waals surface area contributed by atoms with Gasteiger partial charge >= 0.3 is 0 Å². The number of aromatic amines is 1. The van der Waals surface area contributed by atoms with Crippen LogP contribution in [0.3, 0.4) is 0 Å². The van der Waals surface area contributed by atoms with Crippen LogP contribution in [0.1, 0.15) is 30.1 Å². The lowest BCUT2D eigenvalue weighted by Gasteiger charge is -2.30. The first kappa shape index (κ1) is 17.7. The first-order valence-electron chi connectivity index (χ1n) is 9.30. The number of H-pyrrole nitrogens is 1. The molecule has 1 aromatic carbocycles. The number of carbonyl (C=O) groups is 1. The van der Waals surface area contributed by atoms with Crippen molar-refractivity contribution < 1.29 is 9.18 Å². The normalized spacial score (nSPS) is 16.1. The molecule has 1 amide bonds. The average Bonchev–Trinajstić information content (AvgIpc) is 3.22. The summed E-state index contributed by atoms with van der Waals surface area (Å²) in [5.74, 6) is 0.291. The van der Waals surface area contributed by atoms with E-state index in [1.807, 2.05) is 23.7 Å². The second-order valence-electron chi connectivity index (χ2n) is 7.31. The van der Waals surface area contributed by atoms with Gasteiger partial charge in [0.15, 0.2) is 0 Å². The van der Waals surface area contributed by atoms with Crippen LogP contribution < -0.4 is 5.32 Å². The zero-order chi connectivity index (χ0) is 19.0. The van der Waals surface area contributed by atoms with Crippen LogP contribution in [0.2, 0.25) is 0 Å². The van der Waals surface area contributed by atoms with Gasteiger partial charge in [0, 0.05) is 17.1 Å². The van der Waals surface area contributed by atoms with Crippen LogP contribution in [0.5, 0.6) is 0 Å². The van der Waals surface area contributed by atoms with Crippen LogP contribution in [0.4, 0.5) is 10.2 Å². The number of anilines is 1. The first-order valence-corrected chi connectivity index (χ1v) is 9.30. The molecule has 1 fully saturated rings. The molecule has 0 bridgehead atoms. The van der Waals surface area contributed by atoms with E-state index >= 15 is 0 Å². The molecule has 0 spiro atoms. The number of aryl methyl sites for hydroxylation is 1. The number of nitrogens with zero attached hydrogens (tertiary/aromatic N) is 3. The number of amides is 1. The number of likely N-dealkylation sites (tertiary alicyclic amines) is 1. The molecule has 1 aliphatic rings. The Morgan fingerprint density at radius 3 is 2.89 bits per heavy atom. The average molecular weight is 369 g/mol. The third-order valence-electron chi connectivity index (χ3n) is 5.41. The van der Waals surface area contributed by atoms with Crippen molar-refractivity contribution in [2.24, 2.45) is 0 Å². The third-order valence-corrected chi connectivity index (χ3v) is 5.41. The largest absolute Gasteiger partial charge is 0.356 e. The lowest BCUT2D eigenvalue weighted by Crippen LogP contribution is -2.32. The van der Waals surface area contributed by atoms with Gasteiger partial charge in [-0.25, -0.2) is 9.07 Å². The fourth-order valence-corrected chi connectivity index (χ4v) is 3.89. The summed E-state index contributed by atoms with van der Waals surface area (Å²) < 4.78 is 15.9. The van der Waals surface area contributed by atoms with Crippen LogP contribution in [-0.4, -0.2) is 45.7 Å². The Balaban J connectivity index is 1.51. The highest BCUT2D eigenvalue weighted by molar-refractivity contribution is 5.96. The Morgan fingerprint density at radius 2 is 2.11 bits per heavy atom. The molecule has 27 heavy (non-hydrogen) atoms. The molecular weight excluding hydrogens is 345 g/mol. The van der Waals surface area contributed by atoms with Gasteiger partial charge in [-0.1, -0.05) is 12.1 Å². The SMILES string of the molecule is Cc1[nH]c2c(F)cccc2c1CC(=O)Nc1ccnn1C1CCN(C)CC1. The van der Waals surface area contributed by atoms with Crippen molar-refractivity contribution in [1.29, 1.82) is 0 Å². The van der Waals surface area contributed by atoms with Crippen LogP contribution in [-0.2, 0) is 11.2 Å². The molecule has 0 radical (unpaired) electrons. The summed E-state index contributed by atoms with van der Waals surface area (Å²) in [6.45, 7) is 3.92. The lowest BCUT2D eigenvalue weighted by atomic mass is 10.1. The number of para-hydroxylation sites is 1. The van der Waals surface area contributed by atoms with Gasteiger partial charge in [-0.2, -0.15) is 5.10 Å². The van der Waals surface area contributed by atoms with Crippen LogP contribution >= 0.6 is 0 Å². The Morgan fingerprint density at radius 1 is 1.33 bits per heavy atom. The molecule has 3 aromatic rings. The molecule has 7 heteroatoms. The van der Waals surface area contributed by atoms with Crippen molar-refractivity contribution in [3.63, 3.8) is 0 Å². The van der Waals surface area contributed by atoms with Gasteiger partial charge < -0.3 is 15.2 Å². The summed E-state index contributed by atoms with van der Waals surface area (Å²) in [5, 5.41) is 8.16. The second-order valence-corrected chi connectivity index (χ2v) is 7.31. The summed E-state index contributed by atoms with van der Waals surface area (Å²) in [4.78, 5) is 18.0. The molecule has 0 atom stereocenters. The van der Waals surface area contributed by atoms with Crippen molar-refractivity contribution in [3.05, 3.63) is 47.5 Å². The zero-order valence-corrected chi connectivity index (χ0v) is 15.6. The molecule has 142 valence electrons. The van der Waals surface area contributed by atoms with Gasteiger partial charge in [0.05, 0.1) is 24.2 Å². The quantitative estimate of drug-likeness (QED) is 0.742. The fourth-order valence-electron chi connectivity index (χ4n) is 3.89. The summed E-state index contributed by atoms with van der Waals surface area (Å²) >= 11 is 0. The fraction of sp³-hybridized carbons (Fsp3) is 0.400. The monoisotopic (exact) mass is 369 g/mol. The molecule has 2 aromatic heterocycles. The number of rotatable bonds is 4. The van der Waals surface area contributed by atoms with Crippen molar-refractivity contribution in [3.8, 4) is 0 Å². The molecule has 3 heterocycles. The van der Waals surface area contributed by atoms with Gasteiger partial charge in [-0.15, -0.1) is 0 Å². The van der Waals surface area contributed by atoms with Gasteiger partial charge in [-0.05, 0) is 51.5 Å². The molecule has 0 unspecified atom stereocenters. The second kappa shape index (κ2) is 7.15. The molecule has 4 rings (SSSR count). The Bertz CT molecular complexity index is 968. The van der Waals surface area contributed by atoms with Crippen LogP contribution in [0, 0.1) is 12.7 Å². The molecule has 0 saturated carbocycles. The molecule has 0 aliphatic carbocycles. The number of hydrogen-bond donors (Lipinski definition) is 2. The topological polar surface area (TPSA) is 66.0 Å². The minimum Gasteiger partial charge on any atom is -0.356 e. The van der Waals surface area contributed by atoms with Gasteiger partial charge in [0.1, 0.15) is 11.6 Å². The number of benzene rings is 1. The predicted molar refractivity (Wildman–Crippen MR) is 103 cm³/mol. The molecule has 6 nitrogen and oxygen atoms in total. The molecule has 2 N–H and O–H groups in total. The maximum Gasteiger partial charge on any atom is 0.230 e. The third kappa shape index (κ3) is 3.47. The van der Waals surface area contributed by atoms with Gasteiger partial charge in [0.2, 0.25) is 5.91 Å². The number of piperidine rings is 1. The standard InChI is InChI=1S/C20H24FN5O/c1-13-16(15-4-3-5-17(21)20(15)23-13)12-19(27)24-18-6-9-22-26(18)14-7-10-25(2)11-8-14/h3-6,9,14,23H,7-8,10-12H2,1-2H3,(H,24,27). The van der Waals surface area contributed by atoms with Crippen LogP contribution in [0.15, 0.2) is 30.5 Å². The van der Waals surface area contributed by atoms with E-state index in [9.17, 15) is 9.18 Å². The number of fused-ring (bicyclic) bond motifs is 1. The highest BCUT2D eigenvalue weighted by Crippen LogP contribution is 2.27. The molecule has 1 saturated heterocycles. The summed E-state index contributed by atoms with van der Waals surface area (Å²) in [5.41, 5.74) is 2.09. The first-order chi connectivity index (χ1) is 13.0. The number of aromatic nitrogens is 3. The summed E-state index contributed by atoms with van der Waals surface area (Å²) in [7, 11) is 2.12. The number of halogens is 1. The Kier molecular flexibility index (Phi) is 4.70. The van der Waals surface area contributed by atoms with E-state index in [-0.39, 0.29) is 18.1 Å². The molecule has 1 aliphatic heterocycles. The summed E-state index contributed by atoms with van der Waals surface area (Å²) in [6.07, 6.45) is 3.94. The number of nitrogens with one attached hydrogen (secondary N) is 2. The van der Waals surface area contributed by atoms with Crippen molar-refractivity contribution in [2.75, 3.05) is 25.5 Å². The smallest absolute Gasteiger partial charge is 0.230 e. The van der Waals surface area contributed by atoms with Gasteiger partial charge in [0.25, 0.3) is 0 Å². The van der Waals surface area contributed by atoms with Crippen molar-refractivity contribution in [1.82, 2.24) is 19.7 Å². The Hall–Kier alpha value is -2.67. The minimum atomic E-state index is -0.303. The van der Waals surface area contributed by atoms with E-state index in [2.05, 4.69) is 27.3 Å². The van der Waals surface area contributed by atoms with Gasteiger partial charge in [-0.3, -0.25) is 4.79 Å². The highest BCUT2D eigenvalue weighted by Gasteiger charge is 2.22. The van der Waals surface area contributed by atoms with E-state index < -0.39 is 0 Å². The van der Waals surface area contributed by atoms with Crippen molar-refractivity contribution >= 4 is 22.6 Å². The Labute approximate surface area is 157 Å². The zero-order valence-electron chi connectivity index (χ0n) is 15.6. The number of hydrogen-bond acceptors (Lipinski definition) is 3. The van der Waals surface area contributed by atoms with E-state index in [4.69, 9.17) is 0 Å². The maximum atomic E-state index is 14.0. The molecular formula is C20H24FN5O. The minimum absolute atomic E-state index is 0.127. The lowest BCUT2D eigenvalue weighted by molar-refractivity contribution is -0.115. The van der Waals surface area contributed by atoms with Crippen molar-refractivity contribution in [2.45, 2.75) is 32.2 Å². The van der Waals surface area contributed by atoms with E-state index in [0.29, 0.717) is 11.6 Å².